The highest BCUT2D eigenvalue weighted by atomic mass is 127. The van der Waals surface area contributed by atoms with Gasteiger partial charge in [0.15, 0.2) is 0 Å². The number of alkyl halides is 1. The fourth-order valence-electron chi connectivity index (χ4n) is 16.6. The van der Waals surface area contributed by atoms with E-state index >= 15 is 0 Å². The van der Waals surface area contributed by atoms with Crippen molar-refractivity contribution in [1.82, 2.24) is 57.8 Å². The summed E-state index contributed by atoms with van der Waals surface area (Å²) in [5.41, 5.74) is 13.7. The molecule has 0 bridgehead atoms. The van der Waals surface area contributed by atoms with Crippen LogP contribution in [0.25, 0.3) is 22.8 Å². The fourth-order valence-corrected chi connectivity index (χ4v) is 17.1. The maximum atomic E-state index is 12.9. The third-order valence-electron chi connectivity index (χ3n) is 25.4. The Kier molecular flexibility index (Phi) is 31.9. The van der Waals surface area contributed by atoms with Gasteiger partial charge in [-0.15, -0.1) is 0 Å². The molecule has 3 saturated heterocycles. The van der Waals surface area contributed by atoms with Crippen molar-refractivity contribution < 1.29 is 75.9 Å². The first-order chi connectivity index (χ1) is 63.2. The van der Waals surface area contributed by atoms with Gasteiger partial charge in [0.25, 0.3) is 0 Å². The summed E-state index contributed by atoms with van der Waals surface area (Å²) in [5.74, 6) is 3.79. The summed E-state index contributed by atoms with van der Waals surface area (Å²) in [6.07, 6.45) is 25.1. The zero-order valence-corrected chi connectivity index (χ0v) is 83.3. The zero-order valence-electron chi connectivity index (χ0n) is 79.5. The summed E-state index contributed by atoms with van der Waals surface area (Å²) in [6, 6.07) is 23.6. The van der Waals surface area contributed by atoms with Crippen molar-refractivity contribution in [3.8, 4) is 11.5 Å². The minimum atomic E-state index is -0.476. The molecule has 1 N–H and O–H groups in total. The van der Waals surface area contributed by atoms with Gasteiger partial charge in [-0.1, -0.05) is 114 Å². The van der Waals surface area contributed by atoms with E-state index in [1.54, 1.807) is 75.3 Å². The van der Waals surface area contributed by atoms with E-state index in [9.17, 15) is 24.3 Å². The van der Waals surface area contributed by atoms with Gasteiger partial charge in [-0.2, -0.15) is 0 Å². The van der Waals surface area contributed by atoms with Gasteiger partial charge in [0.2, 0.25) is 23.6 Å². The average Bonchev–Trinajstić information content (AvgIpc) is 1.59. The van der Waals surface area contributed by atoms with Gasteiger partial charge < -0.3 is 76.3 Å². The topological polar surface area (TPSA) is 324 Å². The number of nitrogens with zero attached hydrogens (tertiary/aromatic N) is 16. The number of halogens is 2. The van der Waals surface area contributed by atoms with Crippen molar-refractivity contribution in [2.45, 2.75) is 214 Å². The van der Waals surface area contributed by atoms with Crippen LogP contribution in [-0.4, -0.2) is 255 Å². The minimum absolute atomic E-state index is 0. The number of ether oxygens (including phenoxy) is 5. The molecule has 3 fully saturated rings. The number of imidazole rings is 4. The Labute approximate surface area is 808 Å². The monoisotopic (exact) mass is 2010 g/mol. The first-order valence-electron chi connectivity index (χ1n) is 44.8. The van der Waals surface area contributed by atoms with E-state index < -0.39 is 32.3 Å². The minimum Gasteiger partial charge on any atom is -0.508 e. The molecule has 0 atom stereocenters. The number of rotatable bonds is 12. The quantitative estimate of drug-likeness (QED) is 0.0674. The molecule has 11 aliphatic heterocycles. The predicted molar refractivity (Wildman–Crippen MR) is 531 cm³/mol. The van der Waals surface area contributed by atoms with E-state index in [2.05, 4.69) is 138 Å². The lowest BCUT2D eigenvalue weighted by Crippen LogP contribution is -2.42. The van der Waals surface area contributed by atoms with Gasteiger partial charge in [-0.25, -0.2) is 19.9 Å². The lowest BCUT2D eigenvalue weighted by Gasteiger charge is -2.32. The summed E-state index contributed by atoms with van der Waals surface area (Å²) in [4.78, 5) is 93.2. The predicted octanol–water partition coefficient (Wildman–Crippen LogP) is 13.1. The largest absolute Gasteiger partial charge is 0.508 e. The van der Waals surface area contributed by atoms with Crippen molar-refractivity contribution in [2.75, 3.05) is 80.8 Å². The Morgan fingerprint density at radius 2 is 0.694 bits per heavy atom. The zero-order chi connectivity index (χ0) is 95.4. The number of carbonyl (C=O) groups is 4. The molecule has 0 spiro atoms. The molecule has 0 radical (unpaired) electrons. The van der Waals surface area contributed by atoms with Gasteiger partial charge in [-0.3, -0.25) is 57.4 Å². The van der Waals surface area contributed by atoms with Gasteiger partial charge in [0.05, 0.1) is 112 Å². The maximum Gasteiger partial charge on any atom is 0.495 e. The van der Waals surface area contributed by atoms with Gasteiger partial charge in [0.1, 0.15) is 86.3 Å². The molecule has 134 heavy (non-hydrogen) atoms. The van der Waals surface area contributed by atoms with Crippen molar-refractivity contribution in [3.05, 3.63) is 219 Å². The number of hydrogen-bond acceptors (Lipinski definition) is 24. The smallest absolute Gasteiger partial charge is 0.495 e. The molecule has 0 unspecified atom stereocenters. The van der Waals surface area contributed by atoms with Crippen LogP contribution in [0.15, 0.2) is 172 Å². The highest BCUT2D eigenvalue weighted by Gasteiger charge is 2.64. The summed E-state index contributed by atoms with van der Waals surface area (Å²) < 4.78 is 72.2. The van der Waals surface area contributed by atoms with E-state index in [1.807, 2.05) is 189 Å². The molecular formula is C97H123B3BrIN16O16. The lowest BCUT2D eigenvalue weighted by atomic mass is 9.49. The third-order valence-corrected chi connectivity index (χ3v) is 26.1. The highest BCUT2D eigenvalue weighted by molar-refractivity contribution is 14.1. The van der Waals surface area contributed by atoms with E-state index in [0.29, 0.717) is 82.4 Å². The summed E-state index contributed by atoms with van der Waals surface area (Å²) >= 11 is 5.97. The Morgan fingerprint density at radius 1 is 0.410 bits per heavy atom. The first-order valence-corrected chi connectivity index (χ1v) is 46.8. The van der Waals surface area contributed by atoms with Crippen molar-refractivity contribution in [3.63, 3.8) is 0 Å². The molecule has 19 rings (SSSR count). The number of phenolic OH excluding ortho intramolecular Hbond substituents is 1. The number of fused-ring (bicyclic) bond motifs is 12. The molecular weight excluding hydrogens is 1880 g/mol. The van der Waals surface area contributed by atoms with Crippen LogP contribution in [0, 0.1) is 0 Å². The lowest BCUT2D eigenvalue weighted by molar-refractivity contribution is -0.127. The van der Waals surface area contributed by atoms with Crippen LogP contribution in [0.2, 0.25) is 0 Å². The molecule has 4 aromatic heterocycles. The van der Waals surface area contributed by atoms with Gasteiger partial charge in [-0.05, 0) is 157 Å². The molecule has 0 aliphatic carbocycles. The number of carbonyl (C=O) groups excluding carboxylic acids is 4. The van der Waals surface area contributed by atoms with Crippen molar-refractivity contribution in [1.29, 1.82) is 0 Å². The molecule has 11 aliphatic rings. The Balaban J connectivity index is 0.000000142. The van der Waals surface area contributed by atoms with Crippen molar-refractivity contribution >= 4 is 135 Å². The molecule has 4 aromatic carbocycles. The van der Waals surface area contributed by atoms with Crippen LogP contribution in [0.4, 0.5) is 0 Å². The van der Waals surface area contributed by atoms with Crippen LogP contribution in [0.1, 0.15) is 185 Å². The molecule has 710 valence electrons. The van der Waals surface area contributed by atoms with Gasteiger partial charge in [0, 0.05) is 145 Å². The highest BCUT2D eigenvalue weighted by Crippen LogP contribution is 2.45. The second kappa shape index (κ2) is 42.2. The molecule has 32 nitrogen and oxygen atoms in total. The van der Waals surface area contributed by atoms with Gasteiger partial charge >= 0.3 is 21.1 Å². The Bertz CT molecular complexity index is 5710. The number of aliphatic imine (C=N–C) groups is 4. The molecule has 0 saturated carbocycles. The maximum absolute atomic E-state index is 12.9. The molecule has 4 amide bonds. The van der Waals surface area contributed by atoms with Crippen LogP contribution in [0.5, 0.6) is 11.5 Å². The SMILES string of the molecule is C.CC(C)I.CC1(C)OB(B2OC(C)(C)C(C)(C)O2)OC1(C)C.COCc1cn(C2=NCC(=O)N3CCc4c(B5OC(C)(C)C(C)(C)O5)cccc4C3=C2)cn1.COCc1cn(C2=NCC(=O)N3CCc4c(Br)cccc4C3=C2)cn1.COCc1cn(C2=NCC(=O)N3CCc4c(O)cccc4C3=C2)cn1.COCc1cn(C2=NCC(=O)N3CCc4c(OC(C)C)cccc4C3=C2)cn1. The fraction of sp³-hybridized carbons (Fsp3) is 0.464. The Morgan fingerprint density at radius 3 is 1.04 bits per heavy atom. The number of hydrogen-bond donors (Lipinski definition) is 1. The number of allylic oxidation sites excluding steroid dienone is 4. The van der Waals surface area contributed by atoms with E-state index in [1.165, 1.54) is 5.56 Å². The second-order valence-electron chi connectivity index (χ2n) is 37.1. The number of aromatic hydroxyl groups is 1. The number of benzene rings is 4. The van der Waals surface area contributed by atoms with Crippen molar-refractivity contribution in [2.24, 2.45) is 20.0 Å². The van der Waals surface area contributed by atoms with Crippen LogP contribution >= 0.6 is 38.5 Å². The normalized spacial score (nSPS) is 19.4. The third kappa shape index (κ3) is 22.2. The number of aromatic nitrogens is 8. The standard InChI is InChI=1S/C24H29BN4O4.C21H24N4O3.C18H17BrN4O2.C18H18N4O3.C12H24B2O4.C3H7I.CH4/c1-23(2)24(3,4)33-25(32-23)19-8-6-7-18-17(19)9-10-29-20(18)11-21(26-12-22(29)30)28-13-16(14-31-5)27-15-28;1-14(2)28-19-6-4-5-16-17(19)7-8-25-18(16)9-20(22-10-21(25)26)24-11-15(12-27-3)23-13-24;1-25-10-12-9-22(11-21-12)17-7-16-14-3-2-4-15(19)13(14)5-6-23(16)18(24)8-20-17;1-25-10-12-9-21(11-20-12)17-7-15-13-3-2-4-16(23)14(13)5-6-22(15)18(24)8-19-17;1-9(2)10(3,4)16-13(15-9)14-17-11(5,6)12(7,8)18-14;1-3(2)4;/h6-8,11,13,15H,9-10,12,14H2,1-5H3;4-6,9,11,13-14H,7-8,10,12H2,1-3H3;2-4,7,9,11H,5-6,8,10H2,1H3;2-4,7,9,11,23H,5-6,8,10H2,1H3;1-8H3;3H,1-2H3;1H4. The van der Waals surface area contributed by atoms with E-state index in [4.69, 9.17) is 51.6 Å². The number of phenols is 1. The molecule has 8 aromatic rings. The summed E-state index contributed by atoms with van der Waals surface area (Å²) in [5, 5.41) is 10.1. The first kappa shape index (κ1) is 101. The number of methoxy groups -OCH3 is 4. The van der Waals surface area contributed by atoms with Crippen LogP contribution in [0.3, 0.4) is 0 Å². The van der Waals surface area contributed by atoms with E-state index in [-0.39, 0.29) is 91.5 Å². The Hall–Kier alpha value is -10.2. The summed E-state index contributed by atoms with van der Waals surface area (Å²) in [7, 11) is 5.13. The number of amides is 4. The second-order valence-corrected chi connectivity index (χ2v) is 40.4. The summed E-state index contributed by atoms with van der Waals surface area (Å²) in [6.45, 7) is 37.3. The molecule has 15 heterocycles. The van der Waals surface area contributed by atoms with E-state index in [0.717, 1.165) is 123 Å². The van der Waals surface area contributed by atoms with Crippen LogP contribution in [-0.2, 0) is 118 Å². The van der Waals surface area contributed by atoms with Crippen LogP contribution < -0.4 is 10.2 Å². The molecule has 37 heteroatoms. The average molecular weight is 2010 g/mol.